The van der Waals surface area contributed by atoms with Crippen LogP contribution in [0.2, 0.25) is 5.02 Å². The lowest BCUT2D eigenvalue weighted by Crippen LogP contribution is -2.52. The van der Waals surface area contributed by atoms with Crippen LogP contribution in [-0.4, -0.2) is 43.8 Å². The van der Waals surface area contributed by atoms with E-state index in [0.29, 0.717) is 6.42 Å². The van der Waals surface area contributed by atoms with Gasteiger partial charge in [-0.25, -0.2) is 12.8 Å². The highest BCUT2D eigenvalue weighted by molar-refractivity contribution is 7.92. The summed E-state index contributed by atoms with van der Waals surface area (Å²) in [4.78, 5) is 28.3. The summed E-state index contributed by atoms with van der Waals surface area (Å²) in [6.45, 7) is 6.78. The lowest BCUT2D eigenvalue weighted by Gasteiger charge is -2.32. The van der Waals surface area contributed by atoms with Gasteiger partial charge in [-0.1, -0.05) is 66.6 Å². The largest absolute Gasteiger partial charge is 0.352 e. The van der Waals surface area contributed by atoms with Crippen molar-refractivity contribution in [1.29, 1.82) is 0 Å². The maximum atomic E-state index is 14.0. The number of hydrogen-bond acceptors (Lipinski definition) is 4. The van der Waals surface area contributed by atoms with Crippen LogP contribution in [-0.2, 0) is 26.2 Å². The molecule has 0 spiro atoms. The zero-order valence-electron chi connectivity index (χ0n) is 22.4. The minimum Gasteiger partial charge on any atom is -0.352 e. The number of hydrogen-bond donors (Lipinski definition) is 1. The predicted molar refractivity (Wildman–Crippen MR) is 151 cm³/mol. The molecule has 0 aliphatic heterocycles. The van der Waals surface area contributed by atoms with E-state index in [1.54, 1.807) is 25.1 Å². The van der Waals surface area contributed by atoms with Gasteiger partial charge in [-0.05, 0) is 63.1 Å². The van der Waals surface area contributed by atoms with Crippen LogP contribution in [0.4, 0.5) is 10.1 Å². The minimum atomic E-state index is -4.26. The molecule has 0 heterocycles. The molecule has 39 heavy (non-hydrogen) atoms. The molecule has 2 amide bonds. The lowest BCUT2D eigenvalue weighted by atomic mass is 10.1. The van der Waals surface area contributed by atoms with Crippen molar-refractivity contribution in [2.24, 2.45) is 0 Å². The van der Waals surface area contributed by atoms with Crippen LogP contribution in [0.1, 0.15) is 38.3 Å². The van der Waals surface area contributed by atoms with Gasteiger partial charge in [-0.15, -0.1) is 0 Å². The number of nitrogens with zero attached hydrogens (tertiary/aromatic N) is 2. The molecule has 3 rings (SSSR count). The summed E-state index contributed by atoms with van der Waals surface area (Å²) in [5.74, 6) is -1.68. The number of rotatable bonds is 11. The molecule has 0 fully saturated rings. The smallest absolute Gasteiger partial charge is 0.264 e. The maximum absolute atomic E-state index is 14.0. The highest BCUT2D eigenvalue weighted by atomic mass is 35.5. The molecule has 0 unspecified atom stereocenters. The fraction of sp³-hybridized carbons (Fsp3) is 0.310. The predicted octanol–water partition coefficient (Wildman–Crippen LogP) is 5.31. The van der Waals surface area contributed by atoms with Gasteiger partial charge in [-0.3, -0.25) is 13.9 Å². The van der Waals surface area contributed by atoms with Crippen molar-refractivity contribution in [2.45, 2.75) is 57.6 Å². The standard InChI is InChI=1S/C29H33ClFN3O4S/c1-5-21(3)32-29(36)22(4)33(18-23-11-9-10-20(2)16-23)28(35)19-34(24-14-15-27(31)26(30)17-24)39(37,38)25-12-7-6-8-13-25/h6-17,21-22H,5,18-19H2,1-4H3,(H,32,36)/t21-,22-/m1/s1. The van der Waals surface area contributed by atoms with Gasteiger partial charge in [-0.2, -0.15) is 0 Å². The number of carbonyl (C=O) groups excluding carboxylic acids is 2. The normalized spacial score (nSPS) is 12.9. The molecule has 208 valence electrons. The quantitative estimate of drug-likeness (QED) is 0.337. The molecule has 0 saturated heterocycles. The Morgan fingerprint density at radius 2 is 1.69 bits per heavy atom. The van der Waals surface area contributed by atoms with E-state index in [1.165, 1.54) is 23.1 Å². The molecule has 0 aliphatic carbocycles. The van der Waals surface area contributed by atoms with Crippen LogP contribution in [0.15, 0.2) is 77.7 Å². The van der Waals surface area contributed by atoms with E-state index in [-0.39, 0.29) is 34.1 Å². The Kier molecular flexibility index (Phi) is 10.1. The first-order valence-corrected chi connectivity index (χ1v) is 14.4. The molecule has 0 radical (unpaired) electrons. The molecule has 10 heteroatoms. The molecule has 0 bridgehead atoms. The number of anilines is 1. The first-order chi connectivity index (χ1) is 18.4. The Bertz CT molecular complexity index is 1420. The van der Waals surface area contributed by atoms with Crippen LogP contribution in [0.3, 0.4) is 0 Å². The van der Waals surface area contributed by atoms with Gasteiger partial charge in [0.15, 0.2) is 0 Å². The summed E-state index contributed by atoms with van der Waals surface area (Å²) in [5, 5.41) is 2.61. The van der Waals surface area contributed by atoms with E-state index >= 15 is 0 Å². The van der Waals surface area contributed by atoms with Gasteiger partial charge >= 0.3 is 0 Å². The number of halogens is 2. The molecule has 0 aromatic heterocycles. The van der Waals surface area contributed by atoms with Crippen LogP contribution in [0.25, 0.3) is 0 Å². The Morgan fingerprint density at radius 3 is 2.31 bits per heavy atom. The van der Waals surface area contributed by atoms with E-state index in [9.17, 15) is 22.4 Å². The molecular weight excluding hydrogens is 541 g/mol. The van der Waals surface area contributed by atoms with Crippen LogP contribution in [0.5, 0.6) is 0 Å². The van der Waals surface area contributed by atoms with Crippen LogP contribution >= 0.6 is 11.6 Å². The summed E-state index contributed by atoms with van der Waals surface area (Å²) in [6.07, 6.45) is 0.707. The molecule has 0 aliphatic rings. The molecule has 1 N–H and O–H groups in total. The van der Waals surface area contributed by atoms with Crippen LogP contribution < -0.4 is 9.62 Å². The molecule has 2 atom stereocenters. The number of benzene rings is 3. The Balaban J connectivity index is 2.04. The SMILES string of the molecule is CC[C@@H](C)NC(=O)[C@@H](C)N(Cc1cccc(C)c1)C(=O)CN(c1ccc(F)c(Cl)c1)S(=O)(=O)c1ccccc1. The third-order valence-corrected chi connectivity index (χ3v) is 8.48. The van der Waals surface area contributed by atoms with E-state index in [2.05, 4.69) is 5.32 Å². The fourth-order valence-electron chi connectivity index (χ4n) is 3.94. The van der Waals surface area contributed by atoms with Crippen molar-refractivity contribution in [3.8, 4) is 0 Å². The van der Waals surface area contributed by atoms with Crippen molar-refractivity contribution < 1.29 is 22.4 Å². The van der Waals surface area contributed by atoms with Gasteiger partial charge in [0.25, 0.3) is 10.0 Å². The summed E-state index contributed by atoms with van der Waals surface area (Å²) >= 11 is 5.98. The van der Waals surface area contributed by atoms with E-state index in [4.69, 9.17) is 11.6 Å². The van der Waals surface area contributed by atoms with Gasteiger partial charge in [0.05, 0.1) is 15.6 Å². The Morgan fingerprint density at radius 1 is 1.00 bits per heavy atom. The second-order valence-electron chi connectivity index (χ2n) is 9.43. The summed E-state index contributed by atoms with van der Waals surface area (Å²) in [7, 11) is -4.26. The first-order valence-electron chi connectivity index (χ1n) is 12.6. The van der Waals surface area contributed by atoms with Crippen molar-refractivity contribution >= 4 is 39.1 Å². The monoisotopic (exact) mass is 573 g/mol. The number of amides is 2. The summed E-state index contributed by atoms with van der Waals surface area (Å²) in [6, 6.07) is 17.6. The first kappa shape index (κ1) is 30.1. The fourth-order valence-corrected chi connectivity index (χ4v) is 5.55. The molecule has 0 saturated carbocycles. The number of nitrogens with one attached hydrogen (secondary N) is 1. The van der Waals surface area contributed by atoms with E-state index < -0.39 is 34.3 Å². The third-order valence-electron chi connectivity index (χ3n) is 6.40. The second-order valence-corrected chi connectivity index (χ2v) is 11.7. The average molecular weight is 574 g/mol. The van der Waals surface area contributed by atoms with Gasteiger partial charge in [0, 0.05) is 12.6 Å². The summed E-state index contributed by atoms with van der Waals surface area (Å²) < 4.78 is 42.3. The second kappa shape index (κ2) is 13.1. The van der Waals surface area contributed by atoms with E-state index in [0.717, 1.165) is 27.6 Å². The highest BCUT2D eigenvalue weighted by Crippen LogP contribution is 2.28. The molecule has 7 nitrogen and oxygen atoms in total. The topological polar surface area (TPSA) is 86.8 Å². The van der Waals surface area contributed by atoms with Gasteiger partial charge < -0.3 is 10.2 Å². The molecule has 3 aromatic rings. The molecular formula is C29H33ClFN3O4S. The Hall–Kier alpha value is -3.43. The zero-order chi connectivity index (χ0) is 28.7. The number of aryl methyl sites for hydroxylation is 1. The van der Waals surface area contributed by atoms with E-state index in [1.807, 2.05) is 45.0 Å². The lowest BCUT2D eigenvalue weighted by molar-refractivity contribution is -0.139. The van der Waals surface area contributed by atoms with Crippen LogP contribution in [0, 0.1) is 12.7 Å². The maximum Gasteiger partial charge on any atom is 0.264 e. The van der Waals surface area contributed by atoms with Gasteiger partial charge in [0.2, 0.25) is 11.8 Å². The van der Waals surface area contributed by atoms with Crippen molar-refractivity contribution in [3.05, 3.63) is 94.8 Å². The molecule has 3 aromatic carbocycles. The number of carbonyl (C=O) groups is 2. The van der Waals surface area contributed by atoms with Crippen molar-refractivity contribution in [3.63, 3.8) is 0 Å². The van der Waals surface area contributed by atoms with Crippen molar-refractivity contribution in [1.82, 2.24) is 10.2 Å². The van der Waals surface area contributed by atoms with Crippen molar-refractivity contribution in [2.75, 3.05) is 10.8 Å². The summed E-state index contributed by atoms with van der Waals surface area (Å²) in [5.41, 5.74) is 1.78. The highest BCUT2D eigenvalue weighted by Gasteiger charge is 2.33. The number of sulfonamides is 1. The van der Waals surface area contributed by atoms with Gasteiger partial charge in [0.1, 0.15) is 18.4 Å². The average Bonchev–Trinajstić information content (AvgIpc) is 2.91. The Labute approximate surface area is 234 Å². The zero-order valence-corrected chi connectivity index (χ0v) is 24.0. The third kappa shape index (κ3) is 7.58. The minimum absolute atomic E-state index is 0.0193.